The second-order valence-electron chi connectivity index (χ2n) is 3.85. The highest BCUT2D eigenvalue weighted by atomic mass is 16.3. The summed E-state index contributed by atoms with van der Waals surface area (Å²) in [6.07, 6.45) is 6.01. The molecule has 1 aromatic carbocycles. The van der Waals surface area contributed by atoms with Gasteiger partial charge in [-0.05, 0) is 43.6 Å². The molecule has 0 radical (unpaired) electrons. The lowest BCUT2D eigenvalue weighted by molar-refractivity contribution is 0.403. The molecule has 0 spiro atoms. The molecular formula is C13H20N2O2. The highest BCUT2D eigenvalue weighted by molar-refractivity contribution is 5.55. The van der Waals surface area contributed by atoms with Crippen molar-refractivity contribution in [2.75, 3.05) is 19.6 Å². The van der Waals surface area contributed by atoms with Gasteiger partial charge in [-0.25, -0.2) is 0 Å². The van der Waals surface area contributed by atoms with Crippen LogP contribution < -0.4 is 11.1 Å². The van der Waals surface area contributed by atoms with Crippen molar-refractivity contribution < 1.29 is 10.2 Å². The van der Waals surface area contributed by atoms with E-state index in [0.29, 0.717) is 0 Å². The fourth-order valence-corrected chi connectivity index (χ4v) is 1.42. The zero-order valence-electron chi connectivity index (χ0n) is 9.89. The van der Waals surface area contributed by atoms with E-state index in [4.69, 9.17) is 10.8 Å². The van der Waals surface area contributed by atoms with Gasteiger partial charge in [0.1, 0.15) is 0 Å². The Bertz CT molecular complexity index is 364. The van der Waals surface area contributed by atoms with E-state index in [1.807, 2.05) is 12.2 Å². The summed E-state index contributed by atoms with van der Waals surface area (Å²) in [5.74, 6) is -0.190. The first-order chi connectivity index (χ1) is 8.24. The molecular weight excluding hydrogens is 216 g/mol. The van der Waals surface area contributed by atoms with E-state index in [9.17, 15) is 5.11 Å². The first kappa shape index (κ1) is 13.5. The Morgan fingerprint density at radius 2 is 2.00 bits per heavy atom. The molecule has 5 N–H and O–H groups in total. The third kappa shape index (κ3) is 5.38. The van der Waals surface area contributed by atoms with Crippen LogP contribution in [0.25, 0.3) is 6.08 Å². The molecule has 0 unspecified atom stereocenters. The first-order valence-corrected chi connectivity index (χ1v) is 5.83. The molecule has 0 saturated carbocycles. The maximum absolute atomic E-state index is 9.29. The van der Waals surface area contributed by atoms with Gasteiger partial charge in [-0.1, -0.05) is 18.2 Å². The number of rotatable bonds is 7. The van der Waals surface area contributed by atoms with Crippen molar-refractivity contribution in [2.45, 2.75) is 12.8 Å². The van der Waals surface area contributed by atoms with E-state index in [0.717, 1.165) is 38.0 Å². The van der Waals surface area contributed by atoms with Crippen molar-refractivity contribution in [1.82, 2.24) is 5.32 Å². The maximum atomic E-state index is 9.29. The number of unbranched alkanes of at least 4 members (excludes halogenated alkanes) is 1. The lowest BCUT2D eigenvalue weighted by Gasteiger charge is -2.00. The normalized spacial score (nSPS) is 11.1. The van der Waals surface area contributed by atoms with Crippen LogP contribution >= 0.6 is 0 Å². The summed E-state index contributed by atoms with van der Waals surface area (Å²) < 4.78 is 0. The number of aromatic hydroxyl groups is 2. The first-order valence-electron chi connectivity index (χ1n) is 5.83. The monoisotopic (exact) mass is 236 g/mol. The Labute approximate surface area is 102 Å². The Hall–Kier alpha value is -1.52. The molecule has 1 aromatic rings. The van der Waals surface area contributed by atoms with Gasteiger partial charge in [0, 0.05) is 6.54 Å². The lowest BCUT2D eigenvalue weighted by atomic mass is 10.2. The molecule has 0 bridgehead atoms. The Morgan fingerprint density at radius 3 is 2.71 bits per heavy atom. The Morgan fingerprint density at radius 1 is 1.18 bits per heavy atom. The molecule has 0 aliphatic rings. The van der Waals surface area contributed by atoms with Crippen LogP contribution in [-0.2, 0) is 0 Å². The average Bonchev–Trinajstić information content (AvgIpc) is 2.32. The summed E-state index contributed by atoms with van der Waals surface area (Å²) in [4.78, 5) is 0. The Kier molecular flexibility index (Phi) is 6.14. The standard InChI is InChI=1S/C13H20N2O2/c14-7-1-2-8-15-9-3-4-11-5-6-12(16)13(17)10-11/h3-6,10,15-17H,1-2,7-9,14H2/b4-3+. The van der Waals surface area contributed by atoms with E-state index in [2.05, 4.69) is 5.32 Å². The molecule has 0 amide bonds. The van der Waals surface area contributed by atoms with Gasteiger partial charge in [0.15, 0.2) is 11.5 Å². The molecule has 17 heavy (non-hydrogen) atoms. The molecule has 0 aliphatic heterocycles. The summed E-state index contributed by atoms with van der Waals surface area (Å²) in [7, 11) is 0. The van der Waals surface area contributed by atoms with Gasteiger partial charge >= 0.3 is 0 Å². The van der Waals surface area contributed by atoms with Crippen molar-refractivity contribution in [3.8, 4) is 11.5 Å². The molecule has 1 rings (SSSR count). The van der Waals surface area contributed by atoms with Crippen molar-refractivity contribution in [2.24, 2.45) is 5.73 Å². The number of nitrogens with one attached hydrogen (secondary N) is 1. The third-order valence-electron chi connectivity index (χ3n) is 2.38. The van der Waals surface area contributed by atoms with E-state index in [1.165, 1.54) is 12.1 Å². The third-order valence-corrected chi connectivity index (χ3v) is 2.38. The van der Waals surface area contributed by atoms with Gasteiger partial charge in [0.25, 0.3) is 0 Å². The molecule has 0 heterocycles. The highest BCUT2D eigenvalue weighted by Crippen LogP contribution is 2.25. The zero-order chi connectivity index (χ0) is 12.5. The fraction of sp³-hybridized carbons (Fsp3) is 0.385. The minimum Gasteiger partial charge on any atom is -0.504 e. The summed E-state index contributed by atoms with van der Waals surface area (Å²) in [6, 6.07) is 4.75. The summed E-state index contributed by atoms with van der Waals surface area (Å²) in [5.41, 5.74) is 6.25. The second-order valence-corrected chi connectivity index (χ2v) is 3.85. The molecule has 0 aromatic heterocycles. The number of benzene rings is 1. The van der Waals surface area contributed by atoms with Gasteiger partial charge < -0.3 is 21.3 Å². The van der Waals surface area contributed by atoms with Crippen molar-refractivity contribution in [3.05, 3.63) is 29.8 Å². The van der Waals surface area contributed by atoms with Crippen LogP contribution in [0.5, 0.6) is 11.5 Å². The molecule has 0 atom stereocenters. The van der Waals surface area contributed by atoms with E-state index >= 15 is 0 Å². The van der Waals surface area contributed by atoms with Crippen LogP contribution in [0, 0.1) is 0 Å². The summed E-state index contributed by atoms with van der Waals surface area (Å²) in [6.45, 7) is 2.49. The van der Waals surface area contributed by atoms with Crippen LogP contribution in [0.3, 0.4) is 0 Å². The van der Waals surface area contributed by atoms with Crippen LogP contribution in [0.1, 0.15) is 18.4 Å². The van der Waals surface area contributed by atoms with Crippen molar-refractivity contribution in [3.63, 3.8) is 0 Å². The molecule has 0 aliphatic carbocycles. The predicted molar refractivity (Wildman–Crippen MR) is 70.0 cm³/mol. The van der Waals surface area contributed by atoms with Gasteiger partial charge in [0.2, 0.25) is 0 Å². The average molecular weight is 236 g/mol. The molecule has 4 nitrogen and oxygen atoms in total. The van der Waals surface area contributed by atoms with Gasteiger partial charge in [-0.2, -0.15) is 0 Å². The minimum absolute atomic E-state index is 0.0944. The van der Waals surface area contributed by atoms with Crippen LogP contribution in [0.4, 0.5) is 0 Å². The quantitative estimate of drug-likeness (QED) is 0.427. The van der Waals surface area contributed by atoms with Gasteiger partial charge in [-0.3, -0.25) is 0 Å². The van der Waals surface area contributed by atoms with Crippen LogP contribution in [0.15, 0.2) is 24.3 Å². The summed E-state index contributed by atoms with van der Waals surface area (Å²) >= 11 is 0. The zero-order valence-corrected chi connectivity index (χ0v) is 9.89. The van der Waals surface area contributed by atoms with E-state index < -0.39 is 0 Å². The predicted octanol–water partition coefficient (Wildman–Crippen LogP) is 1.44. The fourth-order valence-electron chi connectivity index (χ4n) is 1.42. The second kappa shape index (κ2) is 7.70. The number of phenolic OH excluding ortho intramolecular Hbond substituents is 2. The smallest absolute Gasteiger partial charge is 0.157 e. The summed E-state index contributed by atoms with van der Waals surface area (Å²) in [5, 5.41) is 21.7. The van der Waals surface area contributed by atoms with E-state index in [1.54, 1.807) is 6.07 Å². The number of phenols is 2. The van der Waals surface area contributed by atoms with Crippen LogP contribution in [0.2, 0.25) is 0 Å². The van der Waals surface area contributed by atoms with Crippen molar-refractivity contribution in [1.29, 1.82) is 0 Å². The molecule has 94 valence electrons. The van der Waals surface area contributed by atoms with Gasteiger partial charge in [-0.15, -0.1) is 0 Å². The molecule has 0 fully saturated rings. The number of hydrogen-bond acceptors (Lipinski definition) is 4. The van der Waals surface area contributed by atoms with Crippen molar-refractivity contribution >= 4 is 6.08 Å². The molecule has 0 saturated heterocycles. The van der Waals surface area contributed by atoms with E-state index in [-0.39, 0.29) is 11.5 Å². The molecule has 4 heteroatoms. The SMILES string of the molecule is NCCCCNC/C=C/c1ccc(O)c(O)c1. The number of nitrogens with two attached hydrogens (primary N) is 1. The maximum Gasteiger partial charge on any atom is 0.157 e. The highest BCUT2D eigenvalue weighted by Gasteiger charge is 1.97. The Balaban J connectivity index is 2.26. The minimum atomic E-state index is -0.0953. The largest absolute Gasteiger partial charge is 0.504 e. The van der Waals surface area contributed by atoms with Crippen LogP contribution in [-0.4, -0.2) is 29.8 Å². The van der Waals surface area contributed by atoms with Gasteiger partial charge in [0.05, 0.1) is 0 Å². The topological polar surface area (TPSA) is 78.5 Å². The number of hydrogen-bond donors (Lipinski definition) is 4. The lowest BCUT2D eigenvalue weighted by Crippen LogP contribution is -2.15.